The van der Waals surface area contributed by atoms with Crippen LogP contribution in [0.4, 0.5) is 0 Å². The highest BCUT2D eigenvalue weighted by Gasteiger charge is 2.21. The number of rotatable bonds is 4. The Balaban J connectivity index is 1.06. The molecule has 0 aliphatic heterocycles. The zero-order valence-electron chi connectivity index (χ0n) is 36.5. The minimum atomic E-state index is 0.0479. The Morgan fingerprint density at radius 2 is 0.677 bits per heavy atom. The minimum absolute atomic E-state index is 0.0479. The van der Waals surface area contributed by atoms with E-state index in [0.29, 0.717) is 0 Å². The van der Waals surface area contributed by atoms with Gasteiger partial charge in [-0.3, -0.25) is 0 Å². The third kappa shape index (κ3) is 5.49. The molecule has 10 aromatic carbocycles. The van der Waals surface area contributed by atoms with Gasteiger partial charge in [0.15, 0.2) is 0 Å². The van der Waals surface area contributed by atoms with Gasteiger partial charge in [0, 0.05) is 32.9 Å². The zero-order valence-corrected chi connectivity index (χ0v) is 36.5. The van der Waals surface area contributed by atoms with E-state index in [1.165, 1.54) is 137 Å². The van der Waals surface area contributed by atoms with Gasteiger partial charge in [-0.1, -0.05) is 128 Å². The van der Waals surface area contributed by atoms with Crippen molar-refractivity contribution in [2.75, 3.05) is 0 Å². The van der Waals surface area contributed by atoms with Gasteiger partial charge in [-0.15, -0.1) is 0 Å². The van der Waals surface area contributed by atoms with Gasteiger partial charge in [-0.05, 0) is 172 Å². The van der Waals surface area contributed by atoms with E-state index in [4.69, 9.17) is 0 Å². The summed E-state index contributed by atoms with van der Waals surface area (Å²) in [5, 5.41) is 13.0. The molecule has 0 saturated heterocycles. The van der Waals surface area contributed by atoms with Crippen LogP contribution in [0.2, 0.25) is 0 Å². The Hall–Kier alpha value is -7.16. The van der Waals surface area contributed by atoms with E-state index in [1.807, 2.05) is 0 Å². The van der Waals surface area contributed by atoms with Crippen LogP contribution in [-0.4, -0.2) is 9.13 Å². The van der Waals surface area contributed by atoms with Crippen molar-refractivity contribution in [3.8, 4) is 33.6 Å². The highest BCUT2D eigenvalue weighted by Crippen LogP contribution is 2.46. The number of nitrogens with zero attached hydrogens (tertiary/aromatic N) is 2. The van der Waals surface area contributed by atoms with Crippen molar-refractivity contribution in [2.24, 2.45) is 0 Å². The third-order valence-electron chi connectivity index (χ3n) is 13.6. The Labute approximate surface area is 362 Å². The largest absolute Gasteiger partial charge is 0.309 e. The average Bonchev–Trinajstić information content (AvgIpc) is 3.75. The molecule has 0 aliphatic carbocycles. The Morgan fingerprint density at radius 1 is 0.323 bits per heavy atom. The maximum Gasteiger partial charge on any atom is 0.0541 e. The van der Waals surface area contributed by atoms with Gasteiger partial charge < -0.3 is 9.13 Å². The Morgan fingerprint density at radius 3 is 1.02 bits per heavy atom. The molecule has 2 heteroatoms. The second kappa shape index (κ2) is 13.2. The SMILES string of the molecule is Cc1ccc2c(c1)c1cc(C)ccc1n2-c1ccc(-c2cc(-c3ccc(-n4c5ccc(C)cc5c5cc(C)ccc54)cc3)c3ccc4cc(C(C)(C)C)cc5ccc2c3c54)cc1. The molecule has 0 amide bonds. The lowest BCUT2D eigenvalue weighted by Gasteiger charge is -2.23. The summed E-state index contributed by atoms with van der Waals surface area (Å²) in [6.45, 7) is 15.7. The molecule has 62 heavy (non-hydrogen) atoms. The molecule has 12 aromatic rings. The molecule has 12 rings (SSSR count). The first kappa shape index (κ1) is 36.7. The van der Waals surface area contributed by atoms with Crippen LogP contribution in [0.3, 0.4) is 0 Å². The lowest BCUT2D eigenvalue weighted by molar-refractivity contribution is 0.591. The van der Waals surface area contributed by atoms with Crippen molar-refractivity contribution in [1.29, 1.82) is 0 Å². The van der Waals surface area contributed by atoms with Gasteiger partial charge in [0.05, 0.1) is 22.1 Å². The first-order chi connectivity index (χ1) is 30.0. The van der Waals surface area contributed by atoms with Crippen LogP contribution in [0.25, 0.3) is 110 Å². The molecule has 0 saturated carbocycles. The zero-order chi connectivity index (χ0) is 42.2. The number of hydrogen-bond donors (Lipinski definition) is 0. The van der Waals surface area contributed by atoms with Crippen molar-refractivity contribution < 1.29 is 0 Å². The molecular weight excluding hydrogens is 749 g/mol. The summed E-state index contributed by atoms with van der Waals surface area (Å²) in [6.07, 6.45) is 0. The van der Waals surface area contributed by atoms with E-state index in [9.17, 15) is 0 Å². The highest BCUT2D eigenvalue weighted by molar-refractivity contribution is 6.28. The van der Waals surface area contributed by atoms with Crippen molar-refractivity contribution in [3.63, 3.8) is 0 Å². The third-order valence-corrected chi connectivity index (χ3v) is 13.6. The van der Waals surface area contributed by atoms with Gasteiger partial charge in [0.25, 0.3) is 0 Å². The van der Waals surface area contributed by atoms with E-state index in [2.05, 4.69) is 221 Å². The molecule has 0 spiro atoms. The fourth-order valence-corrected chi connectivity index (χ4v) is 10.5. The Kier molecular flexibility index (Phi) is 7.79. The molecule has 298 valence electrons. The molecule has 0 bridgehead atoms. The quantitative estimate of drug-likeness (QED) is 0.157. The van der Waals surface area contributed by atoms with E-state index in [1.54, 1.807) is 0 Å². The van der Waals surface area contributed by atoms with E-state index < -0.39 is 0 Å². The standard InChI is InChI=1S/C60H48N2/c1-35-8-24-54-50(28-35)51-29-36(2)9-25-55(51)61(54)44-18-12-39(13-19-44)48-34-49(47-23-17-42-33-43(60(5,6)7)32-41-16-22-46(48)59(47)58(41)42)40-14-20-45(21-15-40)62-56-26-10-37(3)30-52(56)53-31-38(4)11-27-57(53)62/h8-34H,1-7H3. The molecule has 0 atom stereocenters. The van der Waals surface area contributed by atoms with Crippen molar-refractivity contribution in [3.05, 3.63) is 192 Å². The number of fused-ring (bicyclic) bond motifs is 6. The summed E-state index contributed by atoms with van der Waals surface area (Å²) in [7, 11) is 0. The summed E-state index contributed by atoms with van der Waals surface area (Å²) >= 11 is 0. The minimum Gasteiger partial charge on any atom is -0.309 e. The highest BCUT2D eigenvalue weighted by atomic mass is 15.0. The molecule has 0 radical (unpaired) electrons. The van der Waals surface area contributed by atoms with Crippen molar-refractivity contribution >= 4 is 75.9 Å². The van der Waals surface area contributed by atoms with Crippen LogP contribution >= 0.6 is 0 Å². The first-order valence-electron chi connectivity index (χ1n) is 22.0. The smallest absolute Gasteiger partial charge is 0.0541 e. The normalized spacial score (nSPS) is 12.4. The number of hydrogen-bond acceptors (Lipinski definition) is 0. The van der Waals surface area contributed by atoms with Gasteiger partial charge in [-0.25, -0.2) is 0 Å². The predicted octanol–water partition coefficient (Wildman–Crippen LogP) is 16.6. The van der Waals surface area contributed by atoms with E-state index in [-0.39, 0.29) is 5.41 Å². The molecular formula is C60H48N2. The summed E-state index contributed by atoms with van der Waals surface area (Å²) in [6, 6.07) is 62.6. The van der Waals surface area contributed by atoms with E-state index in [0.717, 1.165) is 0 Å². The lowest BCUT2D eigenvalue weighted by atomic mass is 9.81. The second-order valence-electron chi connectivity index (χ2n) is 19.0. The molecule has 2 heterocycles. The van der Waals surface area contributed by atoms with Gasteiger partial charge in [-0.2, -0.15) is 0 Å². The number of aromatic nitrogens is 2. The summed E-state index contributed by atoms with van der Waals surface area (Å²) in [5.74, 6) is 0. The van der Waals surface area contributed by atoms with E-state index >= 15 is 0 Å². The van der Waals surface area contributed by atoms with Crippen LogP contribution < -0.4 is 0 Å². The average molecular weight is 797 g/mol. The maximum atomic E-state index is 2.45. The van der Waals surface area contributed by atoms with Crippen LogP contribution in [0, 0.1) is 27.7 Å². The van der Waals surface area contributed by atoms with Gasteiger partial charge >= 0.3 is 0 Å². The molecule has 0 unspecified atom stereocenters. The first-order valence-corrected chi connectivity index (χ1v) is 22.0. The number of aryl methyl sites for hydroxylation is 4. The fraction of sp³-hybridized carbons (Fsp3) is 0.133. The van der Waals surface area contributed by atoms with Gasteiger partial charge in [0.2, 0.25) is 0 Å². The van der Waals surface area contributed by atoms with Crippen molar-refractivity contribution in [2.45, 2.75) is 53.9 Å². The van der Waals surface area contributed by atoms with Crippen LogP contribution in [-0.2, 0) is 5.41 Å². The van der Waals surface area contributed by atoms with Crippen LogP contribution in [0.15, 0.2) is 164 Å². The monoisotopic (exact) mass is 796 g/mol. The summed E-state index contributed by atoms with van der Waals surface area (Å²) in [5.41, 5.74) is 18.7. The van der Waals surface area contributed by atoms with Crippen LogP contribution in [0.5, 0.6) is 0 Å². The maximum absolute atomic E-state index is 2.45. The molecule has 2 aromatic heterocycles. The molecule has 2 nitrogen and oxygen atoms in total. The van der Waals surface area contributed by atoms with Gasteiger partial charge in [0.1, 0.15) is 0 Å². The predicted molar refractivity (Wildman–Crippen MR) is 267 cm³/mol. The second-order valence-corrected chi connectivity index (χ2v) is 19.0. The molecule has 0 N–H and O–H groups in total. The topological polar surface area (TPSA) is 9.86 Å². The molecule has 0 fully saturated rings. The summed E-state index contributed by atoms with van der Waals surface area (Å²) < 4.78 is 4.85. The summed E-state index contributed by atoms with van der Waals surface area (Å²) in [4.78, 5) is 0. The lowest BCUT2D eigenvalue weighted by Crippen LogP contribution is -2.10. The van der Waals surface area contributed by atoms with Crippen molar-refractivity contribution in [1.82, 2.24) is 9.13 Å². The number of benzene rings is 10. The molecule has 0 aliphatic rings. The Bertz CT molecular complexity index is 3430. The fourth-order valence-electron chi connectivity index (χ4n) is 10.5. The van der Waals surface area contributed by atoms with Crippen LogP contribution in [0.1, 0.15) is 48.6 Å².